The summed E-state index contributed by atoms with van der Waals surface area (Å²) in [5.74, 6) is 0.404. The number of amides is 1. The van der Waals surface area contributed by atoms with Crippen molar-refractivity contribution in [2.45, 2.75) is 13.0 Å². The number of carbonyl (C=O) groups is 1. The van der Waals surface area contributed by atoms with Crippen molar-refractivity contribution < 1.29 is 9.53 Å². The lowest BCUT2D eigenvalue weighted by Crippen LogP contribution is -2.40. The fourth-order valence-corrected chi connectivity index (χ4v) is 3.47. The van der Waals surface area contributed by atoms with Crippen molar-refractivity contribution in [2.24, 2.45) is 0 Å². The minimum atomic E-state index is -0.168. The second-order valence-corrected chi connectivity index (χ2v) is 7.13. The summed E-state index contributed by atoms with van der Waals surface area (Å²) < 4.78 is 6.76. The van der Waals surface area contributed by atoms with Gasteiger partial charge in [0.05, 0.1) is 12.3 Å². The summed E-state index contributed by atoms with van der Waals surface area (Å²) in [6.45, 7) is 3.07. The summed E-state index contributed by atoms with van der Waals surface area (Å²) in [7, 11) is 1.60. The van der Waals surface area contributed by atoms with Crippen LogP contribution in [0.1, 0.15) is 22.7 Å². The number of carbonyl (C=O) groups excluding carboxylic acids is 1. The van der Waals surface area contributed by atoms with Crippen LogP contribution in [0.5, 0.6) is 0 Å². The van der Waals surface area contributed by atoms with Crippen LogP contribution in [0.25, 0.3) is 5.70 Å². The first-order chi connectivity index (χ1) is 14.7. The number of rotatable bonds is 7. The van der Waals surface area contributed by atoms with E-state index in [1.165, 1.54) is 5.56 Å². The highest BCUT2D eigenvalue weighted by molar-refractivity contribution is 5.89. The molecule has 0 unspecified atom stereocenters. The largest absolute Gasteiger partial charge is 0.383 e. The summed E-state index contributed by atoms with van der Waals surface area (Å²) in [6.07, 6.45) is 2.10. The molecule has 0 saturated carbocycles. The van der Waals surface area contributed by atoms with Gasteiger partial charge in [-0.05, 0) is 34.6 Å². The highest BCUT2D eigenvalue weighted by atomic mass is 16.5. The highest BCUT2D eigenvalue weighted by Crippen LogP contribution is 2.35. The molecule has 0 bridgehead atoms. The smallest absolute Gasteiger partial charge is 0.251 e. The van der Waals surface area contributed by atoms with Gasteiger partial charge < -0.3 is 10.1 Å². The van der Waals surface area contributed by atoms with Crippen molar-refractivity contribution in [1.82, 2.24) is 25.5 Å². The van der Waals surface area contributed by atoms with Crippen LogP contribution in [0, 0.1) is 6.92 Å². The number of methoxy groups -OCH3 is 1. The maximum Gasteiger partial charge on any atom is 0.251 e. The summed E-state index contributed by atoms with van der Waals surface area (Å²) in [4.78, 5) is 14.4. The van der Waals surface area contributed by atoms with Gasteiger partial charge in [0, 0.05) is 13.7 Å². The number of allylic oxidation sites excluding steroid dienone is 1. The van der Waals surface area contributed by atoms with Crippen molar-refractivity contribution in [3.05, 3.63) is 77.4 Å². The maximum absolute atomic E-state index is 12.6. The highest BCUT2D eigenvalue weighted by Gasteiger charge is 2.31. The van der Waals surface area contributed by atoms with Gasteiger partial charge in [-0.2, -0.15) is 4.68 Å². The van der Waals surface area contributed by atoms with Gasteiger partial charge in [0.2, 0.25) is 5.91 Å². The van der Waals surface area contributed by atoms with Crippen molar-refractivity contribution in [1.29, 1.82) is 0 Å². The molecule has 0 saturated heterocycles. The number of fused-ring (bicyclic) bond motifs is 1. The molecule has 0 fully saturated rings. The van der Waals surface area contributed by atoms with Crippen molar-refractivity contribution >= 4 is 17.6 Å². The maximum atomic E-state index is 12.6. The van der Waals surface area contributed by atoms with Crippen molar-refractivity contribution in [2.75, 3.05) is 31.7 Å². The predicted octanol–water partition coefficient (Wildman–Crippen LogP) is 2.19. The molecule has 2 aromatic carbocycles. The van der Waals surface area contributed by atoms with Crippen LogP contribution in [0.4, 0.5) is 5.95 Å². The van der Waals surface area contributed by atoms with E-state index in [0.717, 1.165) is 16.8 Å². The van der Waals surface area contributed by atoms with E-state index in [4.69, 9.17) is 4.74 Å². The molecule has 1 aliphatic rings. The van der Waals surface area contributed by atoms with E-state index in [9.17, 15) is 4.79 Å². The molecular weight excluding hydrogens is 380 g/mol. The quantitative estimate of drug-likeness (QED) is 0.608. The van der Waals surface area contributed by atoms with E-state index >= 15 is 0 Å². The average molecular weight is 404 g/mol. The fraction of sp³-hybridized carbons (Fsp3) is 0.273. The fourth-order valence-electron chi connectivity index (χ4n) is 3.47. The zero-order valence-electron chi connectivity index (χ0n) is 17.0. The van der Waals surface area contributed by atoms with Gasteiger partial charge in [-0.3, -0.25) is 9.69 Å². The number of anilines is 1. The van der Waals surface area contributed by atoms with Crippen LogP contribution < -0.4 is 10.2 Å². The summed E-state index contributed by atoms with van der Waals surface area (Å²) >= 11 is 0. The summed E-state index contributed by atoms with van der Waals surface area (Å²) in [5.41, 5.74) is 4.15. The van der Waals surface area contributed by atoms with Crippen molar-refractivity contribution in [3.63, 3.8) is 0 Å². The number of nitrogens with zero attached hydrogens (tertiary/aromatic N) is 5. The lowest BCUT2D eigenvalue weighted by Gasteiger charge is -2.32. The first kappa shape index (κ1) is 19.8. The number of benzene rings is 2. The zero-order valence-corrected chi connectivity index (χ0v) is 17.0. The second-order valence-electron chi connectivity index (χ2n) is 7.13. The molecular formula is C22H24N6O2. The van der Waals surface area contributed by atoms with Gasteiger partial charge in [-0.15, -0.1) is 0 Å². The van der Waals surface area contributed by atoms with Gasteiger partial charge in [-0.1, -0.05) is 65.3 Å². The molecule has 30 heavy (non-hydrogen) atoms. The molecule has 3 aromatic rings. The van der Waals surface area contributed by atoms with E-state index in [0.29, 0.717) is 19.1 Å². The summed E-state index contributed by atoms with van der Waals surface area (Å²) in [5, 5.41) is 15.2. The second kappa shape index (κ2) is 8.87. The van der Waals surface area contributed by atoms with E-state index in [1.54, 1.807) is 11.8 Å². The third kappa shape index (κ3) is 4.08. The van der Waals surface area contributed by atoms with Crippen molar-refractivity contribution in [3.8, 4) is 0 Å². The number of tetrazole rings is 1. The van der Waals surface area contributed by atoms with Crippen LogP contribution in [0.15, 0.2) is 60.7 Å². The molecule has 154 valence electrons. The molecule has 1 N–H and O–H groups in total. The molecule has 0 aliphatic carbocycles. The van der Waals surface area contributed by atoms with Crippen LogP contribution in [0.2, 0.25) is 0 Å². The first-order valence-electron chi connectivity index (χ1n) is 9.82. The standard InChI is InChI=1S/C22H24N6O2/c1-16-8-10-18(11-9-16)20-14-19(17-6-4-3-5-7-17)27(22-24-25-26-28(20)22)15-21(29)23-12-13-30-2/h3-11,14,20H,12-13,15H2,1-2H3,(H,23,29)/t20-/m0/s1. The Hall–Kier alpha value is -3.52. The van der Waals surface area contributed by atoms with E-state index in [-0.39, 0.29) is 18.5 Å². The SMILES string of the molecule is COCCNC(=O)CN1C(c2ccccc2)=C[C@@H](c2ccc(C)cc2)n2nnnc21. The Balaban J connectivity index is 1.73. The summed E-state index contributed by atoms with van der Waals surface area (Å²) in [6, 6.07) is 18.1. The topological polar surface area (TPSA) is 85.2 Å². The number of ether oxygens (including phenoxy) is 1. The van der Waals surface area contributed by atoms with Crippen LogP contribution >= 0.6 is 0 Å². The molecule has 4 rings (SSSR count). The lowest BCUT2D eigenvalue weighted by atomic mass is 10.00. The van der Waals surface area contributed by atoms with E-state index < -0.39 is 0 Å². The van der Waals surface area contributed by atoms with Gasteiger partial charge in [0.15, 0.2) is 0 Å². The minimum Gasteiger partial charge on any atom is -0.383 e. The van der Waals surface area contributed by atoms with Crippen LogP contribution in [-0.2, 0) is 9.53 Å². The first-order valence-corrected chi connectivity index (χ1v) is 9.82. The molecule has 0 spiro atoms. The Bertz CT molecular complexity index is 1030. The van der Waals surface area contributed by atoms with Gasteiger partial charge >= 0.3 is 0 Å². The van der Waals surface area contributed by atoms with E-state index in [2.05, 4.69) is 58.1 Å². The number of aryl methyl sites for hydroxylation is 1. The molecule has 8 nitrogen and oxygen atoms in total. The molecule has 8 heteroatoms. The molecule has 1 aromatic heterocycles. The lowest BCUT2D eigenvalue weighted by molar-refractivity contribution is -0.119. The molecule has 2 heterocycles. The Labute approximate surface area is 175 Å². The Kier molecular flexibility index (Phi) is 5.85. The van der Waals surface area contributed by atoms with Crippen LogP contribution in [0.3, 0.4) is 0 Å². The monoisotopic (exact) mass is 404 g/mol. The number of aromatic nitrogens is 4. The average Bonchev–Trinajstić information content (AvgIpc) is 3.26. The Morgan fingerprint density at radius 1 is 1.13 bits per heavy atom. The number of nitrogens with one attached hydrogen (secondary N) is 1. The zero-order chi connectivity index (χ0) is 20.9. The van der Waals surface area contributed by atoms with Crippen LogP contribution in [-0.4, -0.2) is 52.9 Å². The molecule has 1 atom stereocenters. The Morgan fingerprint density at radius 3 is 2.63 bits per heavy atom. The number of hydrogen-bond acceptors (Lipinski definition) is 6. The van der Waals surface area contributed by atoms with Gasteiger partial charge in [0.1, 0.15) is 12.6 Å². The predicted molar refractivity (Wildman–Crippen MR) is 114 cm³/mol. The molecule has 1 amide bonds. The van der Waals surface area contributed by atoms with Gasteiger partial charge in [-0.25, -0.2) is 0 Å². The van der Waals surface area contributed by atoms with Gasteiger partial charge in [0.25, 0.3) is 5.95 Å². The number of hydrogen-bond donors (Lipinski definition) is 1. The normalized spacial score (nSPS) is 15.5. The minimum absolute atomic E-state index is 0.103. The Morgan fingerprint density at radius 2 is 1.90 bits per heavy atom. The third-order valence-electron chi connectivity index (χ3n) is 5.01. The molecule has 0 radical (unpaired) electrons. The van der Waals surface area contributed by atoms with E-state index in [1.807, 2.05) is 35.2 Å². The third-order valence-corrected chi connectivity index (χ3v) is 5.01. The molecule has 1 aliphatic heterocycles.